The summed E-state index contributed by atoms with van der Waals surface area (Å²) in [5, 5.41) is 0. The van der Waals surface area contributed by atoms with Crippen molar-refractivity contribution < 1.29 is 17.9 Å². The molecule has 17 heavy (non-hydrogen) atoms. The number of aromatic nitrogens is 2. The Morgan fingerprint density at radius 3 is 2.76 bits per heavy atom. The van der Waals surface area contributed by atoms with Crippen LogP contribution in [-0.4, -0.2) is 42.6 Å². The SMILES string of the molecule is CCOC(=O)c1ncn(CCS(C)(=O)=O)c1N. The molecular formula is C9H15N3O4S. The summed E-state index contributed by atoms with van der Waals surface area (Å²) in [6.45, 7) is 2.07. The van der Waals surface area contributed by atoms with E-state index >= 15 is 0 Å². The Balaban J connectivity index is 2.81. The minimum absolute atomic E-state index is 0.0142. The number of nitrogens with zero attached hydrogens (tertiary/aromatic N) is 2. The number of carbonyl (C=O) groups excluding carboxylic acids is 1. The number of ether oxygens (including phenoxy) is 1. The second-order valence-electron chi connectivity index (χ2n) is 3.52. The number of hydrogen-bond acceptors (Lipinski definition) is 6. The summed E-state index contributed by atoms with van der Waals surface area (Å²) in [7, 11) is -3.08. The van der Waals surface area contributed by atoms with Crippen LogP contribution in [0.15, 0.2) is 6.33 Å². The summed E-state index contributed by atoms with van der Waals surface area (Å²) in [5.41, 5.74) is 5.68. The molecule has 0 aromatic carbocycles. The standard InChI is InChI=1S/C9H15N3O4S/c1-3-16-9(13)7-8(10)12(6-11-7)4-5-17(2,14)15/h6H,3-5,10H2,1-2H3. The number of anilines is 1. The van der Waals surface area contributed by atoms with Gasteiger partial charge in [0.2, 0.25) is 0 Å². The molecule has 0 aliphatic carbocycles. The molecule has 2 N–H and O–H groups in total. The molecule has 0 saturated carbocycles. The van der Waals surface area contributed by atoms with Crippen LogP contribution < -0.4 is 5.73 Å². The summed E-state index contributed by atoms with van der Waals surface area (Å²) in [6, 6.07) is 0. The van der Waals surface area contributed by atoms with Gasteiger partial charge < -0.3 is 15.0 Å². The number of aryl methyl sites for hydroxylation is 1. The van der Waals surface area contributed by atoms with Crippen molar-refractivity contribution in [2.24, 2.45) is 0 Å². The Labute approximate surface area is 99.5 Å². The van der Waals surface area contributed by atoms with E-state index in [1.54, 1.807) is 6.92 Å². The quantitative estimate of drug-likeness (QED) is 0.729. The second kappa shape index (κ2) is 5.17. The summed E-state index contributed by atoms with van der Waals surface area (Å²) < 4.78 is 28.2. The fraction of sp³-hybridized carbons (Fsp3) is 0.556. The minimum Gasteiger partial charge on any atom is -0.461 e. The Morgan fingerprint density at radius 2 is 2.24 bits per heavy atom. The zero-order valence-corrected chi connectivity index (χ0v) is 10.5. The molecule has 0 spiro atoms. The zero-order chi connectivity index (χ0) is 13.1. The molecule has 0 aliphatic rings. The van der Waals surface area contributed by atoms with Gasteiger partial charge in [0.1, 0.15) is 15.7 Å². The van der Waals surface area contributed by atoms with E-state index in [9.17, 15) is 13.2 Å². The van der Waals surface area contributed by atoms with Crippen LogP contribution in [0.4, 0.5) is 5.82 Å². The Morgan fingerprint density at radius 1 is 1.59 bits per heavy atom. The average molecular weight is 261 g/mol. The lowest BCUT2D eigenvalue weighted by Crippen LogP contribution is -2.14. The van der Waals surface area contributed by atoms with E-state index in [1.165, 1.54) is 10.9 Å². The van der Waals surface area contributed by atoms with Gasteiger partial charge in [-0.3, -0.25) is 0 Å². The van der Waals surface area contributed by atoms with Crippen molar-refractivity contribution in [2.75, 3.05) is 24.3 Å². The number of hydrogen-bond donors (Lipinski definition) is 1. The molecule has 0 amide bonds. The first-order valence-corrected chi connectivity index (χ1v) is 7.06. The Hall–Kier alpha value is -1.57. The summed E-state index contributed by atoms with van der Waals surface area (Å²) in [5.74, 6) is -0.550. The minimum atomic E-state index is -3.08. The predicted octanol–water partition coefficient (Wildman–Crippen LogP) is -0.313. The summed E-state index contributed by atoms with van der Waals surface area (Å²) in [6.07, 6.45) is 2.46. The van der Waals surface area contributed by atoms with Crippen LogP contribution in [0.3, 0.4) is 0 Å². The first kappa shape index (κ1) is 13.5. The molecule has 96 valence electrons. The molecule has 7 nitrogen and oxygen atoms in total. The molecule has 0 atom stereocenters. The van der Waals surface area contributed by atoms with E-state index < -0.39 is 15.8 Å². The monoisotopic (exact) mass is 261 g/mol. The van der Waals surface area contributed by atoms with Crippen molar-refractivity contribution in [1.29, 1.82) is 0 Å². The van der Waals surface area contributed by atoms with Gasteiger partial charge in [-0.1, -0.05) is 0 Å². The average Bonchev–Trinajstić information content (AvgIpc) is 2.56. The molecule has 1 aromatic heterocycles. The Kier molecular flexibility index (Phi) is 4.11. The van der Waals surface area contributed by atoms with Crippen LogP contribution >= 0.6 is 0 Å². The molecule has 0 unspecified atom stereocenters. The molecule has 0 saturated heterocycles. The van der Waals surface area contributed by atoms with Crippen molar-refractivity contribution in [1.82, 2.24) is 9.55 Å². The van der Waals surface area contributed by atoms with Crippen molar-refractivity contribution in [2.45, 2.75) is 13.5 Å². The number of nitrogen functional groups attached to an aromatic ring is 1. The molecular weight excluding hydrogens is 246 g/mol. The van der Waals surface area contributed by atoms with Crippen LogP contribution in [-0.2, 0) is 21.1 Å². The molecule has 0 bridgehead atoms. The van der Waals surface area contributed by atoms with Crippen LogP contribution in [0.25, 0.3) is 0 Å². The summed E-state index contributed by atoms with van der Waals surface area (Å²) in [4.78, 5) is 15.2. The topological polar surface area (TPSA) is 104 Å². The van der Waals surface area contributed by atoms with Crippen molar-refractivity contribution in [3.05, 3.63) is 12.0 Å². The van der Waals surface area contributed by atoms with Gasteiger partial charge in [-0.15, -0.1) is 0 Å². The van der Waals surface area contributed by atoms with Gasteiger partial charge in [-0.25, -0.2) is 18.2 Å². The lowest BCUT2D eigenvalue weighted by molar-refractivity contribution is 0.0521. The van der Waals surface area contributed by atoms with E-state index in [0.717, 1.165) is 6.26 Å². The number of nitrogens with two attached hydrogens (primary N) is 1. The fourth-order valence-corrected chi connectivity index (χ4v) is 1.72. The third-order valence-electron chi connectivity index (χ3n) is 2.05. The molecule has 0 aliphatic heterocycles. The van der Waals surface area contributed by atoms with Crippen molar-refractivity contribution >= 4 is 21.6 Å². The van der Waals surface area contributed by atoms with Crippen molar-refractivity contribution in [3.63, 3.8) is 0 Å². The zero-order valence-electron chi connectivity index (χ0n) is 9.71. The first-order chi connectivity index (χ1) is 7.85. The van der Waals surface area contributed by atoms with Gasteiger partial charge in [0.25, 0.3) is 0 Å². The van der Waals surface area contributed by atoms with Gasteiger partial charge in [0.15, 0.2) is 5.69 Å². The maximum absolute atomic E-state index is 11.4. The van der Waals surface area contributed by atoms with E-state index in [0.29, 0.717) is 0 Å². The highest BCUT2D eigenvalue weighted by atomic mass is 32.2. The molecule has 0 radical (unpaired) electrons. The van der Waals surface area contributed by atoms with E-state index in [4.69, 9.17) is 10.5 Å². The lowest BCUT2D eigenvalue weighted by Gasteiger charge is -2.04. The highest BCUT2D eigenvalue weighted by Crippen LogP contribution is 2.11. The first-order valence-electron chi connectivity index (χ1n) is 5.00. The van der Waals surface area contributed by atoms with Crippen LogP contribution in [0, 0.1) is 0 Å². The fourth-order valence-electron chi connectivity index (χ4n) is 1.19. The van der Waals surface area contributed by atoms with Crippen LogP contribution in [0.5, 0.6) is 0 Å². The van der Waals surface area contributed by atoms with Crippen molar-refractivity contribution in [3.8, 4) is 0 Å². The summed E-state index contributed by atoms with van der Waals surface area (Å²) >= 11 is 0. The van der Waals surface area contributed by atoms with Crippen LogP contribution in [0.1, 0.15) is 17.4 Å². The predicted molar refractivity (Wildman–Crippen MR) is 62.3 cm³/mol. The molecule has 1 rings (SSSR count). The highest BCUT2D eigenvalue weighted by Gasteiger charge is 2.17. The third kappa shape index (κ3) is 3.74. The molecule has 8 heteroatoms. The molecule has 1 heterocycles. The van der Waals surface area contributed by atoms with E-state index in [1.807, 2.05) is 0 Å². The van der Waals surface area contributed by atoms with E-state index in [2.05, 4.69) is 4.98 Å². The number of rotatable bonds is 5. The van der Waals surface area contributed by atoms with Crippen LogP contribution in [0.2, 0.25) is 0 Å². The highest BCUT2D eigenvalue weighted by molar-refractivity contribution is 7.90. The van der Waals surface area contributed by atoms with Gasteiger partial charge in [-0.2, -0.15) is 0 Å². The number of carbonyl (C=O) groups is 1. The van der Waals surface area contributed by atoms with Gasteiger partial charge in [0, 0.05) is 12.8 Å². The van der Waals surface area contributed by atoms with Gasteiger partial charge >= 0.3 is 5.97 Å². The number of sulfone groups is 1. The maximum Gasteiger partial charge on any atom is 0.360 e. The van der Waals surface area contributed by atoms with E-state index in [-0.39, 0.29) is 30.4 Å². The lowest BCUT2D eigenvalue weighted by atomic mass is 10.4. The normalized spacial score (nSPS) is 11.4. The molecule has 0 fully saturated rings. The molecule has 1 aromatic rings. The third-order valence-corrected chi connectivity index (χ3v) is 2.97. The smallest absolute Gasteiger partial charge is 0.360 e. The Bertz CT molecular complexity index is 506. The van der Waals surface area contributed by atoms with Gasteiger partial charge in [-0.05, 0) is 6.92 Å². The van der Waals surface area contributed by atoms with Gasteiger partial charge in [0.05, 0.1) is 18.7 Å². The number of imidazole rings is 1. The number of esters is 1. The maximum atomic E-state index is 11.4. The largest absolute Gasteiger partial charge is 0.461 e. The second-order valence-corrected chi connectivity index (χ2v) is 5.78.